The quantitative estimate of drug-likeness (QED) is 0.292. The molecule has 180 valence electrons. The monoisotopic (exact) mass is 556 g/mol. The van der Waals surface area contributed by atoms with E-state index in [1.807, 2.05) is 6.92 Å². The van der Waals surface area contributed by atoms with Crippen LogP contribution in [-0.4, -0.2) is 38.1 Å². The van der Waals surface area contributed by atoms with Crippen LogP contribution in [-0.2, 0) is 14.8 Å². The molecule has 0 spiro atoms. The molecule has 0 atom stereocenters. The van der Waals surface area contributed by atoms with Gasteiger partial charge in [-0.25, -0.2) is 8.42 Å². The number of anilines is 1. The summed E-state index contributed by atoms with van der Waals surface area (Å²) in [6.07, 6.45) is 0. The van der Waals surface area contributed by atoms with E-state index in [9.17, 15) is 18.3 Å². The molecule has 0 fully saturated rings. The molecule has 4 rings (SSSR count). The van der Waals surface area contributed by atoms with Crippen LogP contribution in [0.3, 0.4) is 0 Å². The van der Waals surface area contributed by atoms with Crippen LogP contribution in [0.5, 0.6) is 11.6 Å². The Bertz CT molecular complexity index is 1530. The number of azo groups is 1. The third-order valence-corrected chi connectivity index (χ3v) is 7.48. The summed E-state index contributed by atoms with van der Waals surface area (Å²) in [5, 5.41) is 18.4. The van der Waals surface area contributed by atoms with Gasteiger partial charge in [-0.15, -0.1) is 10.2 Å². The van der Waals surface area contributed by atoms with Gasteiger partial charge in [-0.3, -0.25) is 9.10 Å². The number of sulfonamides is 1. The number of ether oxygens (including phenoxy) is 1. The molecule has 35 heavy (non-hydrogen) atoms. The van der Waals surface area contributed by atoms with Crippen LogP contribution >= 0.6 is 15.9 Å². The summed E-state index contributed by atoms with van der Waals surface area (Å²) < 4.78 is 34.1. The molecule has 0 saturated heterocycles. The van der Waals surface area contributed by atoms with Crippen molar-refractivity contribution >= 4 is 54.1 Å². The van der Waals surface area contributed by atoms with Crippen LogP contribution in [0.2, 0.25) is 0 Å². The Morgan fingerprint density at radius 2 is 1.83 bits per heavy atom. The van der Waals surface area contributed by atoms with Gasteiger partial charge in [0, 0.05) is 9.86 Å². The number of carbonyl (C=O) groups is 1. The summed E-state index contributed by atoms with van der Waals surface area (Å²) in [6, 6.07) is 18.0. The molecule has 9 nitrogen and oxygen atoms in total. The Kier molecular flexibility index (Phi) is 6.90. The van der Waals surface area contributed by atoms with E-state index >= 15 is 0 Å². The number of aryl methyl sites for hydroxylation is 1. The van der Waals surface area contributed by atoms with Crippen LogP contribution in [0.15, 0.2) is 86.3 Å². The molecule has 1 aromatic heterocycles. The second-order valence-electron chi connectivity index (χ2n) is 7.60. The molecular weight excluding hydrogens is 536 g/mol. The lowest BCUT2D eigenvalue weighted by molar-refractivity contribution is -0.116. The van der Waals surface area contributed by atoms with Crippen molar-refractivity contribution in [2.24, 2.45) is 10.2 Å². The molecule has 0 aliphatic carbocycles. The number of carbonyl (C=O) groups excluding carboxylic acids is 1. The van der Waals surface area contributed by atoms with Crippen molar-refractivity contribution < 1.29 is 23.1 Å². The maximum Gasteiger partial charge on any atom is 0.285 e. The molecule has 0 unspecified atom stereocenters. The van der Waals surface area contributed by atoms with Crippen LogP contribution in [0, 0.1) is 6.92 Å². The predicted molar refractivity (Wildman–Crippen MR) is 136 cm³/mol. The molecule has 0 saturated carbocycles. The number of nitrogens with one attached hydrogen (secondary N) is 1. The average molecular weight is 557 g/mol. The Morgan fingerprint density at radius 1 is 1.11 bits per heavy atom. The van der Waals surface area contributed by atoms with Gasteiger partial charge in [-0.2, -0.15) is 0 Å². The predicted octanol–water partition coefficient (Wildman–Crippen LogP) is 5.46. The van der Waals surface area contributed by atoms with E-state index in [0.717, 1.165) is 14.3 Å². The summed E-state index contributed by atoms with van der Waals surface area (Å²) in [6.45, 7) is 1.21. The van der Waals surface area contributed by atoms with Crippen molar-refractivity contribution in [2.75, 3.05) is 18.0 Å². The second kappa shape index (κ2) is 9.88. The normalized spacial score (nSPS) is 11.7. The fourth-order valence-corrected chi connectivity index (χ4v) is 5.26. The van der Waals surface area contributed by atoms with Crippen LogP contribution < -0.4 is 9.04 Å². The Labute approximate surface area is 210 Å². The number of halogens is 1. The third-order valence-electron chi connectivity index (χ3n) is 5.22. The number of H-pyrrole nitrogens is 1. The molecule has 4 aromatic rings. The number of aromatic hydroxyl groups is 1. The van der Waals surface area contributed by atoms with Crippen molar-refractivity contribution in [3.8, 4) is 11.6 Å². The van der Waals surface area contributed by atoms with Crippen LogP contribution in [0.4, 0.5) is 11.4 Å². The highest BCUT2D eigenvalue weighted by molar-refractivity contribution is 9.10. The van der Waals surface area contributed by atoms with Crippen molar-refractivity contribution in [2.45, 2.75) is 11.8 Å². The van der Waals surface area contributed by atoms with Gasteiger partial charge in [0.1, 0.15) is 12.3 Å². The summed E-state index contributed by atoms with van der Waals surface area (Å²) in [5.74, 6) is -0.828. The van der Waals surface area contributed by atoms with Gasteiger partial charge in [0.05, 0.1) is 23.2 Å². The van der Waals surface area contributed by atoms with Crippen molar-refractivity contribution in [3.05, 3.63) is 76.8 Å². The molecule has 0 radical (unpaired) electrons. The lowest BCUT2D eigenvalue weighted by Crippen LogP contribution is -2.35. The maximum absolute atomic E-state index is 13.5. The minimum Gasteiger partial charge on any atom is -0.495 e. The number of methoxy groups -OCH3 is 1. The first-order valence-corrected chi connectivity index (χ1v) is 12.6. The second-order valence-corrected chi connectivity index (χ2v) is 10.4. The Hall–Kier alpha value is -3.70. The van der Waals surface area contributed by atoms with Gasteiger partial charge in [-0.1, -0.05) is 45.8 Å². The largest absolute Gasteiger partial charge is 0.495 e. The number of aromatic nitrogens is 1. The molecule has 0 bridgehead atoms. The smallest absolute Gasteiger partial charge is 0.285 e. The molecule has 1 heterocycles. The standard InChI is InChI=1S/C24H21BrN4O5S/c1-15-7-10-17(11-8-15)35(32,33)29(20-5-3-4-6-21(20)34-2)14-22(30)27-28-23-18-13-16(25)9-12-19(18)26-24(23)31/h3-13,26,31H,14H2,1-2H3. The molecule has 0 aliphatic heterocycles. The summed E-state index contributed by atoms with van der Waals surface area (Å²) in [5.41, 5.74) is 1.74. The number of benzene rings is 3. The van der Waals surface area contributed by atoms with Gasteiger partial charge in [0.2, 0.25) is 5.88 Å². The molecule has 1 amide bonds. The van der Waals surface area contributed by atoms with Crippen molar-refractivity contribution in [3.63, 3.8) is 0 Å². The van der Waals surface area contributed by atoms with Gasteiger partial charge >= 0.3 is 0 Å². The molecule has 0 aliphatic rings. The zero-order valence-electron chi connectivity index (χ0n) is 18.8. The average Bonchev–Trinajstić information content (AvgIpc) is 3.15. The van der Waals surface area contributed by atoms with Gasteiger partial charge in [0.25, 0.3) is 15.9 Å². The Balaban J connectivity index is 1.71. The fourth-order valence-electron chi connectivity index (χ4n) is 3.47. The van der Waals surface area contributed by atoms with E-state index in [1.54, 1.807) is 48.5 Å². The molecule has 3 aromatic carbocycles. The summed E-state index contributed by atoms with van der Waals surface area (Å²) in [7, 11) is -2.74. The number of aromatic amines is 1. The van der Waals surface area contributed by atoms with E-state index in [-0.39, 0.29) is 27.9 Å². The van der Waals surface area contributed by atoms with Gasteiger partial charge in [0.15, 0.2) is 5.69 Å². The number of hydrogen-bond donors (Lipinski definition) is 2. The number of hydrogen-bond acceptors (Lipinski definition) is 6. The van der Waals surface area contributed by atoms with E-state index in [0.29, 0.717) is 10.9 Å². The first-order chi connectivity index (χ1) is 16.7. The lowest BCUT2D eigenvalue weighted by atomic mass is 10.2. The first kappa shape index (κ1) is 24.4. The molecule has 11 heteroatoms. The summed E-state index contributed by atoms with van der Waals surface area (Å²) >= 11 is 3.36. The third kappa shape index (κ3) is 5.05. The molecule has 2 N–H and O–H groups in total. The maximum atomic E-state index is 13.5. The van der Waals surface area contributed by atoms with E-state index in [2.05, 4.69) is 31.1 Å². The molecular formula is C24H21BrN4O5S. The topological polar surface area (TPSA) is 124 Å². The highest BCUT2D eigenvalue weighted by Gasteiger charge is 2.29. The van der Waals surface area contributed by atoms with Gasteiger partial charge in [-0.05, 0) is 49.4 Å². The number of para-hydroxylation sites is 2. The zero-order valence-corrected chi connectivity index (χ0v) is 21.2. The first-order valence-electron chi connectivity index (χ1n) is 10.4. The highest BCUT2D eigenvalue weighted by atomic mass is 79.9. The summed E-state index contributed by atoms with van der Waals surface area (Å²) in [4.78, 5) is 15.6. The fraction of sp³-hybridized carbons (Fsp3) is 0.125. The SMILES string of the molecule is COc1ccccc1N(CC(=O)N=Nc1c(O)[nH]c2ccc(Br)cc12)S(=O)(=O)c1ccc(C)cc1. The highest BCUT2D eigenvalue weighted by Crippen LogP contribution is 2.37. The minimum absolute atomic E-state index is 0.0119. The van der Waals surface area contributed by atoms with E-state index < -0.39 is 22.5 Å². The van der Waals surface area contributed by atoms with Gasteiger partial charge < -0.3 is 14.8 Å². The van der Waals surface area contributed by atoms with Crippen molar-refractivity contribution in [1.29, 1.82) is 0 Å². The number of rotatable bonds is 7. The lowest BCUT2D eigenvalue weighted by Gasteiger charge is -2.24. The Morgan fingerprint density at radius 3 is 2.54 bits per heavy atom. The zero-order chi connectivity index (χ0) is 25.2. The van der Waals surface area contributed by atoms with Crippen molar-refractivity contribution in [1.82, 2.24) is 4.98 Å². The van der Waals surface area contributed by atoms with Crippen LogP contribution in [0.25, 0.3) is 10.9 Å². The van der Waals surface area contributed by atoms with Crippen LogP contribution in [0.1, 0.15) is 5.56 Å². The van der Waals surface area contributed by atoms with E-state index in [4.69, 9.17) is 4.74 Å². The number of fused-ring (bicyclic) bond motifs is 1. The number of amides is 1. The minimum atomic E-state index is -4.15. The van der Waals surface area contributed by atoms with E-state index in [1.165, 1.54) is 25.3 Å². The number of nitrogens with zero attached hydrogens (tertiary/aromatic N) is 3.